The average Bonchev–Trinajstić information content (AvgIpc) is 3.69. The summed E-state index contributed by atoms with van der Waals surface area (Å²) in [5, 5.41) is -0.376. The van der Waals surface area contributed by atoms with Gasteiger partial charge in [-0.3, -0.25) is 9.62 Å². The van der Waals surface area contributed by atoms with Crippen LogP contribution in [0.3, 0.4) is 0 Å². The van der Waals surface area contributed by atoms with Gasteiger partial charge in [0.1, 0.15) is 5.82 Å². The molecule has 1 N–H and O–H groups in total. The van der Waals surface area contributed by atoms with Gasteiger partial charge in [0.15, 0.2) is 0 Å². The number of hydrogen-bond acceptors (Lipinski definition) is 4. The molecule has 0 aromatic heterocycles. The second-order valence-electron chi connectivity index (χ2n) is 10.9. The van der Waals surface area contributed by atoms with Gasteiger partial charge in [-0.05, 0) is 59.9 Å². The molecule has 0 bridgehead atoms. The highest BCUT2D eigenvalue weighted by Gasteiger charge is 2.67. The largest absolute Gasteiger partial charge is 0.376 e. The molecule has 1 aliphatic heterocycles. The van der Waals surface area contributed by atoms with Crippen molar-refractivity contribution >= 4 is 28.1 Å². The first-order chi connectivity index (χ1) is 16.3. The number of piperidine rings is 1. The van der Waals surface area contributed by atoms with Crippen molar-refractivity contribution in [3.8, 4) is 0 Å². The first kappa shape index (κ1) is 25.0. The summed E-state index contributed by atoms with van der Waals surface area (Å²) >= 11 is 0. The van der Waals surface area contributed by atoms with Crippen molar-refractivity contribution in [2.75, 3.05) is 31.5 Å². The van der Waals surface area contributed by atoms with Gasteiger partial charge in [-0.1, -0.05) is 37.3 Å². The number of ether oxygens (including phenoxy) is 1. The van der Waals surface area contributed by atoms with Crippen molar-refractivity contribution in [1.82, 2.24) is 4.90 Å². The Morgan fingerprint density at radius 2 is 1.71 bits per heavy atom. The van der Waals surface area contributed by atoms with Crippen LogP contribution in [0.25, 0.3) is 0 Å². The van der Waals surface area contributed by atoms with Gasteiger partial charge < -0.3 is 4.74 Å². The molecule has 6 rings (SSSR count). The third kappa shape index (κ3) is 4.08. The number of likely N-dealkylation sites (tertiary alicyclic amines) is 1. The summed E-state index contributed by atoms with van der Waals surface area (Å²) in [6.07, 6.45) is 4.18. The van der Waals surface area contributed by atoms with E-state index in [0.717, 1.165) is 44.5 Å². The molecule has 4 aliphatic rings. The molecule has 1 saturated heterocycles. The van der Waals surface area contributed by atoms with Crippen molar-refractivity contribution in [3.05, 3.63) is 65.0 Å². The van der Waals surface area contributed by atoms with Crippen molar-refractivity contribution in [2.45, 2.75) is 55.3 Å². The van der Waals surface area contributed by atoms with Gasteiger partial charge in [-0.25, -0.2) is 12.8 Å². The van der Waals surface area contributed by atoms with E-state index in [1.165, 1.54) is 17.2 Å². The molecular formula is C27H34ClFN2O3S. The summed E-state index contributed by atoms with van der Waals surface area (Å²) in [6, 6.07) is 13.7. The Morgan fingerprint density at radius 3 is 2.26 bits per heavy atom. The molecule has 2 aromatic rings. The average molecular weight is 521 g/mol. The van der Waals surface area contributed by atoms with Crippen molar-refractivity contribution in [3.63, 3.8) is 0 Å². The van der Waals surface area contributed by atoms with Crippen LogP contribution in [0.5, 0.6) is 0 Å². The quantitative estimate of drug-likeness (QED) is 0.555. The fourth-order valence-electron chi connectivity index (χ4n) is 7.00. The van der Waals surface area contributed by atoms with Crippen molar-refractivity contribution in [1.29, 1.82) is 0 Å². The minimum absolute atomic E-state index is 0. The van der Waals surface area contributed by atoms with Crippen LogP contribution >= 0.6 is 12.4 Å². The van der Waals surface area contributed by atoms with Gasteiger partial charge >= 0.3 is 0 Å². The van der Waals surface area contributed by atoms with E-state index in [2.05, 4.69) is 40.8 Å². The van der Waals surface area contributed by atoms with E-state index < -0.39 is 15.8 Å². The zero-order valence-electron chi connectivity index (χ0n) is 20.3. The normalized spacial score (nSPS) is 28.8. The Hall–Kier alpha value is -1.67. The Morgan fingerprint density at radius 1 is 1.09 bits per heavy atom. The summed E-state index contributed by atoms with van der Waals surface area (Å²) in [7, 11) is -1.66. The van der Waals surface area contributed by atoms with Gasteiger partial charge in [-0.15, -0.1) is 12.4 Å². The molecular weight excluding hydrogens is 487 g/mol. The van der Waals surface area contributed by atoms with E-state index in [1.54, 1.807) is 6.07 Å². The van der Waals surface area contributed by atoms with Crippen LogP contribution in [0.4, 0.5) is 10.1 Å². The van der Waals surface area contributed by atoms with Crippen LogP contribution in [0, 0.1) is 17.7 Å². The van der Waals surface area contributed by atoms with Crippen LogP contribution in [0.2, 0.25) is 0 Å². The van der Waals surface area contributed by atoms with Crippen LogP contribution in [-0.4, -0.2) is 50.9 Å². The Balaban J connectivity index is 0.00000253. The summed E-state index contributed by atoms with van der Waals surface area (Å²) in [5.41, 5.74) is 3.78. The fraction of sp³-hybridized carbons (Fsp3) is 0.556. The third-order valence-corrected chi connectivity index (χ3v) is 10.9. The van der Waals surface area contributed by atoms with Crippen molar-refractivity contribution < 1.29 is 17.5 Å². The number of nitrogens with one attached hydrogen (secondary N) is 1. The zero-order chi connectivity index (χ0) is 23.7. The molecule has 2 unspecified atom stereocenters. The fourth-order valence-corrected chi connectivity index (χ4v) is 8.38. The molecule has 3 aliphatic carbocycles. The minimum Gasteiger partial charge on any atom is -0.376 e. The topological polar surface area (TPSA) is 58.6 Å². The maximum atomic E-state index is 14.5. The lowest BCUT2D eigenvalue weighted by atomic mass is 9.87. The van der Waals surface area contributed by atoms with E-state index in [9.17, 15) is 12.8 Å². The highest BCUT2D eigenvalue weighted by molar-refractivity contribution is 7.93. The second-order valence-corrected chi connectivity index (χ2v) is 12.8. The number of methoxy groups -OCH3 is 1. The molecule has 5 nitrogen and oxygen atoms in total. The summed E-state index contributed by atoms with van der Waals surface area (Å²) in [6.45, 7) is 5.12. The van der Waals surface area contributed by atoms with E-state index in [4.69, 9.17) is 4.74 Å². The lowest BCUT2D eigenvalue weighted by Gasteiger charge is -2.35. The summed E-state index contributed by atoms with van der Waals surface area (Å²) in [4.78, 5) is 2.54. The molecule has 190 valence electrons. The van der Waals surface area contributed by atoms with E-state index >= 15 is 0 Å². The number of benzene rings is 2. The van der Waals surface area contributed by atoms with E-state index in [-0.39, 0.29) is 34.4 Å². The van der Waals surface area contributed by atoms with Crippen LogP contribution in [0.15, 0.2) is 42.5 Å². The number of halogens is 2. The Bertz CT molecular complexity index is 1200. The smallest absolute Gasteiger partial charge is 0.235 e. The Labute approximate surface area is 213 Å². The lowest BCUT2D eigenvalue weighted by molar-refractivity contribution is -0.0276. The third-order valence-electron chi connectivity index (χ3n) is 9.00. The van der Waals surface area contributed by atoms with E-state index in [0.29, 0.717) is 24.7 Å². The molecule has 35 heavy (non-hydrogen) atoms. The summed E-state index contributed by atoms with van der Waals surface area (Å²) in [5.74, 6) is 0.511. The number of anilines is 1. The molecule has 8 heteroatoms. The number of hydrogen-bond donors (Lipinski definition) is 1. The SMILES string of the molecule is CCC1(c2ccc(F)c(NS(=O)(=O)C3CC3)c2)C2CN(CC3(OC)Cc4ccccc4C3)CC21.Cl. The molecule has 2 atom stereocenters. The predicted octanol–water partition coefficient (Wildman–Crippen LogP) is 4.55. The standard InChI is InChI=1S/C27H33FN2O3S.ClH/c1-3-27(20-8-11-24(28)25(12-20)29-34(31,32)21-9-10-21)22-15-30(16-23(22)27)17-26(33-2)13-18-6-4-5-7-19(18)14-26;/h4-8,11-12,21-23,29H,3,9-10,13-17H2,1-2H3;1H. The molecule has 3 fully saturated rings. The number of rotatable bonds is 8. The predicted molar refractivity (Wildman–Crippen MR) is 138 cm³/mol. The van der Waals surface area contributed by atoms with Gasteiger partial charge in [0.25, 0.3) is 0 Å². The molecule has 0 spiro atoms. The van der Waals surface area contributed by atoms with Crippen LogP contribution < -0.4 is 4.72 Å². The molecule has 2 aromatic carbocycles. The number of nitrogens with zero attached hydrogens (tertiary/aromatic N) is 1. The highest BCUT2D eigenvalue weighted by Crippen LogP contribution is 2.65. The molecule has 0 radical (unpaired) electrons. The number of sulfonamides is 1. The molecule has 2 saturated carbocycles. The van der Waals surface area contributed by atoms with Gasteiger partial charge in [-0.2, -0.15) is 0 Å². The van der Waals surface area contributed by atoms with Crippen LogP contribution in [0.1, 0.15) is 42.9 Å². The molecule has 1 heterocycles. The van der Waals surface area contributed by atoms with Crippen LogP contribution in [-0.2, 0) is 33.0 Å². The maximum absolute atomic E-state index is 14.5. The lowest BCUT2D eigenvalue weighted by Crippen LogP contribution is -2.46. The minimum atomic E-state index is -3.50. The van der Waals surface area contributed by atoms with E-state index in [1.807, 2.05) is 13.2 Å². The summed E-state index contributed by atoms with van der Waals surface area (Å²) < 4.78 is 48.0. The first-order valence-corrected chi connectivity index (χ1v) is 14.0. The first-order valence-electron chi connectivity index (χ1n) is 12.5. The maximum Gasteiger partial charge on any atom is 0.235 e. The zero-order valence-corrected chi connectivity index (χ0v) is 21.9. The van der Waals surface area contributed by atoms with Crippen molar-refractivity contribution in [2.24, 2.45) is 11.8 Å². The Kier molecular flexibility index (Phi) is 6.23. The molecule has 0 amide bonds. The highest BCUT2D eigenvalue weighted by atomic mass is 35.5. The van der Waals surface area contributed by atoms with Gasteiger partial charge in [0.05, 0.1) is 16.5 Å². The monoisotopic (exact) mass is 520 g/mol. The number of fused-ring (bicyclic) bond motifs is 2. The van der Waals surface area contributed by atoms with Gasteiger partial charge in [0, 0.05) is 45.0 Å². The van der Waals surface area contributed by atoms with Gasteiger partial charge in [0.2, 0.25) is 10.0 Å². The second kappa shape index (κ2) is 8.72.